The zero-order valence-electron chi connectivity index (χ0n) is 15.8. The quantitative estimate of drug-likeness (QED) is 0.241. The second-order valence-electron chi connectivity index (χ2n) is 5.94. The highest BCUT2D eigenvalue weighted by Crippen LogP contribution is 2.25. The van der Waals surface area contributed by atoms with Crippen LogP contribution in [-0.2, 0) is 30.9 Å². The molecule has 31 heavy (non-hydrogen) atoms. The molecule has 11 nitrogen and oxygen atoms in total. The van der Waals surface area contributed by atoms with Crippen LogP contribution in [0, 0.1) is 10.1 Å². The van der Waals surface area contributed by atoms with E-state index in [4.69, 9.17) is 5.14 Å². The number of aromatic nitrogens is 1. The summed E-state index contributed by atoms with van der Waals surface area (Å²) >= 11 is 1.89. The number of methoxy groups -OCH3 is 1. The topological polar surface area (TPSA) is 164 Å². The Hall–Kier alpha value is -3.20. The van der Waals surface area contributed by atoms with Crippen LogP contribution in [0.5, 0.6) is 0 Å². The Bertz CT molecular complexity index is 1400. The van der Waals surface area contributed by atoms with E-state index in [9.17, 15) is 28.1 Å². The maximum absolute atomic E-state index is 12.3. The maximum atomic E-state index is 12.3. The summed E-state index contributed by atoms with van der Waals surface area (Å²) in [5.74, 6) is -1.27. The van der Waals surface area contributed by atoms with Crippen molar-refractivity contribution in [3.63, 3.8) is 0 Å². The second-order valence-corrected chi connectivity index (χ2v) is 9.60. The van der Waals surface area contributed by atoms with Crippen LogP contribution in [0.3, 0.4) is 0 Å². The van der Waals surface area contributed by atoms with Gasteiger partial charge in [0.25, 0.3) is 5.91 Å². The van der Waals surface area contributed by atoms with Gasteiger partial charge in [-0.1, -0.05) is 22.7 Å². The molecule has 0 saturated heterocycles. The van der Waals surface area contributed by atoms with E-state index in [1.807, 2.05) is 0 Å². The highest BCUT2D eigenvalue weighted by molar-refractivity contribution is 7.89. The van der Waals surface area contributed by atoms with Crippen molar-refractivity contribution in [3.05, 3.63) is 56.2 Å². The largest absolute Gasteiger partial charge is 0.468 e. The highest BCUT2D eigenvalue weighted by Gasteiger charge is 2.15. The van der Waals surface area contributed by atoms with Crippen LogP contribution < -0.4 is 9.94 Å². The molecule has 0 unspecified atom stereocenters. The first kappa shape index (κ1) is 22.5. The van der Waals surface area contributed by atoms with Gasteiger partial charge in [-0.3, -0.25) is 19.7 Å². The van der Waals surface area contributed by atoms with Crippen LogP contribution in [-0.4, -0.2) is 36.9 Å². The molecule has 1 aromatic carbocycles. The molecular weight excluding hydrogens is 468 g/mol. The fraction of sp³-hybridized carbons (Fsp3) is 0.118. The van der Waals surface area contributed by atoms with Gasteiger partial charge in [-0.25, -0.2) is 13.6 Å². The molecule has 0 aliphatic carbocycles. The number of rotatable bonds is 6. The lowest BCUT2D eigenvalue weighted by Crippen LogP contribution is -2.22. The van der Waals surface area contributed by atoms with E-state index in [0.29, 0.717) is 15.1 Å². The number of fused-ring (bicyclic) bond motifs is 1. The molecule has 0 aliphatic rings. The number of ether oxygens (including phenoxy) is 1. The van der Waals surface area contributed by atoms with Gasteiger partial charge in [-0.05, 0) is 30.3 Å². The van der Waals surface area contributed by atoms with Gasteiger partial charge >= 0.3 is 11.0 Å². The number of carbonyl (C=O) groups excluding carboxylic acids is 2. The van der Waals surface area contributed by atoms with Crippen molar-refractivity contribution in [2.24, 2.45) is 10.1 Å². The predicted octanol–water partition coefficient (Wildman–Crippen LogP) is 1.63. The van der Waals surface area contributed by atoms with Gasteiger partial charge in [0.15, 0.2) is 4.80 Å². The Kier molecular flexibility index (Phi) is 6.45. The molecule has 0 radical (unpaired) electrons. The summed E-state index contributed by atoms with van der Waals surface area (Å²) in [5.41, 5.74) is 0.465. The molecule has 0 bridgehead atoms. The summed E-state index contributed by atoms with van der Waals surface area (Å²) in [6.07, 6.45) is 2.53. The number of hydrogen-bond acceptors (Lipinski definition) is 9. The van der Waals surface area contributed by atoms with Gasteiger partial charge in [0.1, 0.15) is 6.54 Å². The van der Waals surface area contributed by atoms with Gasteiger partial charge in [0, 0.05) is 17.0 Å². The lowest BCUT2D eigenvalue weighted by molar-refractivity contribution is -0.380. The molecule has 3 rings (SSSR count). The maximum Gasteiger partial charge on any atom is 0.325 e. The number of esters is 1. The van der Waals surface area contributed by atoms with E-state index in [2.05, 4.69) is 9.73 Å². The van der Waals surface area contributed by atoms with Gasteiger partial charge in [0.2, 0.25) is 10.0 Å². The molecule has 0 spiro atoms. The number of nitro groups is 1. The number of thiophene rings is 1. The van der Waals surface area contributed by atoms with Crippen LogP contribution >= 0.6 is 22.7 Å². The average molecular weight is 483 g/mol. The molecule has 1 amide bonds. The third-order valence-electron chi connectivity index (χ3n) is 3.89. The number of hydrogen-bond donors (Lipinski definition) is 1. The van der Waals surface area contributed by atoms with E-state index in [0.717, 1.165) is 28.7 Å². The molecule has 3 aromatic rings. The summed E-state index contributed by atoms with van der Waals surface area (Å²) in [6.45, 7) is -0.252. The fourth-order valence-corrected chi connectivity index (χ4v) is 4.89. The molecule has 2 aromatic heterocycles. The summed E-state index contributed by atoms with van der Waals surface area (Å²) in [7, 11) is -2.73. The van der Waals surface area contributed by atoms with Gasteiger partial charge in [-0.2, -0.15) is 4.99 Å². The number of nitrogens with zero attached hydrogens (tertiary/aromatic N) is 3. The van der Waals surface area contributed by atoms with Crippen LogP contribution in [0.15, 0.2) is 46.3 Å². The molecule has 162 valence electrons. The van der Waals surface area contributed by atoms with E-state index >= 15 is 0 Å². The SMILES string of the molecule is COC(=O)Cn1c(=NC(=O)C=Cc2ccc([N+](=O)[O-])s2)sc2cc(S(N)(=O)=O)ccc21. The third kappa shape index (κ3) is 5.29. The van der Waals surface area contributed by atoms with Crippen LogP contribution in [0.25, 0.3) is 16.3 Å². The van der Waals surface area contributed by atoms with E-state index in [1.165, 1.54) is 48.1 Å². The number of nitrogens with two attached hydrogens (primary N) is 1. The van der Waals surface area contributed by atoms with Gasteiger partial charge < -0.3 is 9.30 Å². The Labute approximate surface area is 182 Å². The Morgan fingerprint density at radius 1 is 1.29 bits per heavy atom. The molecule has 0 fully saturated rings. The van der Waals surface area contributed by atoms with Crippen molar-refractivity contribution in [1.29, 1.82) is 0 Å². The number of sulfonamides is 1. The summed E-state index contributed by atoms with van der Waals surface area (Å²) in [6, 6.07) is 6.89. The zero-order valence-corrected chi connectivity index (χ0v) is 18.2. The molecule has 0 atom stereocenters. The summed E-state index contributed by atoms with van der Waals surface area (Å²) in [4.78, 5) is 38.8. The van der Waals surface area contributed by atoms with Crippen molar-refractivity contribution in [2.45, 2.75) is 11.4 Å². The number of amides is 1. The minimum atomic E-state index is -3.94. The minimum Gasteiger partial charge on any atom is -0.468 e. The van der Waals surface area contributed by atoms with Crippen molar-refractivity contribution in [3.8, 4) is 0 Å². The minimum absolute atomic E-state index is 0.0601. The first-order chi connectivity index (χ1) is 14.6. The van der Waals surface area contributed by atoms with Crippen molar-refractivity contribution >= 4 is 65.9 Å². The van der Waals surface area contributed by atoms with E-state index in [1.54, 1.807) is 0 Å². The molecule has 2 heterocycles. The Morgan fingerprint density at radius 2 is 2.03 bits per heavy atom. The number of benzene rings is 1. The van der Waals surface area contributed by atoms with Crippen LogP contribution in [0.2, 0.25) is 0 Å². The average Bonchev–Trinajstić information content (AvgIpc) is 3.30. The fourth-order valence-electron chi connectivity index (χ4n) is 2.48. The molecule has 2 N–H and O–H groups in total. The lowest BCUT2D eigenvalue weighted by Gasteiger charge is -2.04. The van der Waals surface area contributed by atoms with E-state index < -0.39 is 26.8 Å². The number of primary sulfonamides is 1. The summed E-state index contributed by atoms with van der Waals surface area (Å²) < 4.78 is 29.7. The highest BCUT2D eigenvalue weighted by atomic mass is 32.2. The smallest absolute Gasteiger partial charge is 0.325 e. The van der Waals surface area contributed by atoms with Crippen molar-refractivity contribution in [1.82, 2.24) is 4.57 Å². The van der Waals surface area contributed by atoms with Gasteiger partial charge in [0.05, 0.1) is 27.1 Å². The normalized spacial score (nSPS) is 12.5. The zero-order chi connectivity index (χ0) is 22.8. The predicted molar refractivity (Wildman–Crippen MR) is 114 cm³/mol. The first-order valence-corrected chi connectivity index (χ1v) is 11.5. The first-order valence-electron chi connectivity index (χ1n) is 8.32. The van der Waals surface area contributed by atoms with Crippen LogP contribution in [0.1, 0.15) is 4.88 Å². The molecule has 0 aliphatic heterocycles. The van der Waals surface area contributed by atoms with E-state index in [-0.39, 0.29) is 21.2 Å². The third-order valence-corrected chi connectivity index (χ3v) is 6.84. The molecule has 14 heteroatoms. The molecule has 0 saturated carbocycles. The second kappa shape index (κ2) is 8.89. The Balaban J connectivity index is 2.03. The number of thiazole rings is 1. The van der Waals surface area contributed by atoms with Crippen molar-refractivity contribution in [2.75, 3.05) is 7.11 Å². The Morgan fingerprint density at radius 3 is 2.65 bits per heavy atom. The van der Waals surface area contributed by atoms with Crippen molar-refractivity contribution < 1.29 is 27.7 Å². The number of carbonyl (C=O) groups is 2. The lowest BCUT2D eigenvalue weighted by atomic mass is 10.3. The van der Waals surface area contributed by atoms with Gasteiger partial charge in [-0.15, -0.1) is 0 Å². The summed E-state index contributed by atoms with van der Waals surface area (Å²) in [5, 5.41) is 15.8. The monoisotopic (exact) mass is 482 g/mol. The standard InChI is InChI=1S/C17H14N4O7S3/c1-28-16(23)9-20-12-5-4-11(31(18,26)27)8-13(12)30-17(20)19-14(22)6-2-10-3-7-15(29-10)21(24)25/h2-8H,9H2,1H3,(H2,18,26,27). The van der Waals surface area contributed by atoms with Crippen LogP contribution in [0.4, 0.5) is 5.00 Å². The molecular formula is C17H14N4O7S3.